The number of aliphatic imine (C=N–C) groups is 1. The fraction of sp³-hybridized carbons (Fsp3) is 0.542. The van der Waals surface area contributed by atoms with Gasteiger partial charge in [0.15, 0.2) is 11.4 Å². The van der Waals surface area contributed by atoms with Crippen molar-refractivity contribution in [3.8, 4) is 6.19 Å². The molecule has 0 aromatic heterocycles. The number of hydrogen-bond acceptors (Lipinski definition) is 7. The number of unbranched alkanes of at least 4 members (excludes halogenated alkanes) is 1. The van der Waals surface area contributed by atoms with Gasteiger partial charge in [-0.05, 0) is 56.8 Å². The van der Waals surface area contributed by atoms with Crippen molar-refractivity contribution in [1.29, 1.82) is 5.26 Å². The quantitative estimate of drug-likeness (QED) is 0.104. The Morgan fingerprint density at radius 1 is 1.20 bits per heavy atom. The molecule has 10 nitrogen and oxygen atoms in total. The maximum atomic E-state index is 13.3. The van der Waals surface area contributed by atoms with Crippen LogP contribution in [0.3, 0.4) is 0 Å². The third-order valence-electron chi connectivity index (χ3n) is 5.90. The summed E-state index contributed by atoms with van der Waals surface area (Å²) >= 11 is 1.32. The highest BCUT2D eigenvalue weighted by molar-refractivity contribution is 8.13. The van der Waals surface area contributed by atoms with Gasteiger partial charge >= 0.3 is 11.9 Å². The summed E-state index contributed by atoms with van der Waals surface area (Å²) < 4.78 is 0. The van der Waals surface area contributed by atoms with Gasteiger partial charge in [-0.1, -0.05) is 42.1 Å². The number of rotatable bonds is 13. The van der Waals surface area contributed by atoms with Gasteiger partial charge in [-0.3, -0.25) is 25.2 Å². The molecule has 0 bridgehead atoms. The molecule has 11 heteroatoms. The number of aryl methyl sites for hydroxylation is 1. The minimum atomic E-state index is -1.05. The van der Waals surface area contributed by atoms with Crippen LogP contribution in [-0.4, -0.2) is 75.6 Å². The highest BCUT2D eigenvalue weighted by Gasteiger charge is 2.38. The number of hydrogen-bond donors (Lipinski definition) is 4. The maximum Gasteiger partial charge on any atom is 0.326 e. The van der Waals surface area contributed by atoms with E-state index in [1.165, 1.54) is 16.7 Å². The SMILES string of the molecule is CSC(=NCCCC[C@H](N[C@@H](CCc1ccccc1)C(=O)O)C(=O)N1CCC[C@H]1C(=O)O)NC#N. The molecular formula is C24H33N5O5S. The van der Waals surface area contributed by atoms with Crippen LogP contribution in [0.1, 0.15) is 44.1 Å². The zero-order valence-electron chi connectivity index (χ0n) is 19.9. The van der Waals surface area contributed by atoms with Crippen LogP contribution in [0.5, 0.6) is 0 Å². The molecule has 190 valence electrons. The summed E-state index contributed by atoms with van der Waals surface area (Å²) in [6, 6.07) is 6.88. The maximum absolute atomic E-state index is 13.3. The van der Waals surface area contributed by atoms with Crippen molar-refractivity contribution >= 4 is 34.8 Å². The van der Waals surface area contributed by atoms with E-state index in [9.17, 15) is 24.6 Å². The second-order valence-corrected chi connectivity index (χ2v) is 9.08. The van der Waals surface area contributed by atoms with Crippen LogP contribution >= 0.6 is 11.8 Å². The summed E-state index contributed by atoms with van der Waals surface area (Å²) in [7, 11) is 0. The van der Waals surface area contributed by atoms with E-state index in [2.05, 4.69) is 15.6 Å². The van der Waals surface area contributed by atoms with Gasteiger partial charge in [0.1, 0.15) is 12.1 Å². The number of aliphatic carboxylic acids is 2. The van der Waals surface area contributed by atoms with Gasteiger partial charge in [0.25, 0.3) is 0 Å². The van der Waals surface area contributed by atoms with Gasteiger partial charge in [0, 0.05) is 13.1 Å². The smallest absolute Gasteiger partial charge is 0.326 e. The van der Waals surface area contributed by atoms with E-state index in [4.69, 9.17) is 5.26 Å². The zero-order chi connectivity index (χ0) is 25.6. The number of amides is 1. The lowest BCUT2D eigenvalue weighted by Crippen LogP contribution is -2.54. The number of nitriles is 1. The van der Waals surface area contributed by atoms with Crippen LogP contribution in [0.15, 0.2) is 35.3 Å². The predicted octanol–water partition coefficient (Wildman–Crippen LogP) is 2.07. The number of likely N-dealkylation sites (tertiary alicyclic amines) is 1. The molecule has 0 aliphatic carbocycles. The number of nitrogens with one attached hydrogen (secondary N) is 2. The molecule has 1 heterocycles. The van der Waals surface area contributed by atoms with E-state index in [1.54, 1.807) is 6.26 Å². The minimum Gasteiger partial charge on any atom is -0.480 e. The van der Waals surface area contributed by atoms with Gasteiger partial charge in [0.05, 0.1) is 6.04 Å². The second-order valence-electron chi connectivity index (χ2n) is 8.29. The molecule has 1 aliphatic heterocycles. The number of carbonyl (C=O) groups excluding carboxylic acids is 1. The van der Waals surface area contributed by atoms with Gasteiger partial charge in [0.2, 0.25) is 5.91 Å². The molecule has 4 N–H and O–H groups in total. The molecule has 0 unspecified atom stereocenters. The van der Waals surface area contributed by atoms with Crippen LogP contribution in [0.2, 0.25) is 0 Å². The van der Waals surface area contributed by atoms with E-state index in [0.29, 0.717) is 63.2 Å². The number of carbonyl (C=O) groups is 3. The number of benzene rings is 1. The molecule has 3 atom stereocenters. The van der Waals surface area contributed by atoms with Crippen LogP contribution in [0.4, 0.5) is 0 Å². The molecule has 1 saturated heterocycles. The fourth-order valence-electron chi connectivity index (χ4n) is 4.09. The molecule has 35 heavy (non-hydrogen) atoms. The minimum absolute atomic E-state index is 0.298. The molecule has 0 saturated carbocycles. The summed E-state index contributed by atoms with van der Waals surface area (Å²) in [4.78, 5) is 42.6. The van der Waals surface area contributed by atoms with Crippen molar-refractivity contribution in [2.45, 2.75) is 63.1 Å². The molecule has 1 aromatic carbocycles. The van der Waals surface area contributed by atoms with Gasteiger partial charge in [-0.25, -0.2) is 4.79 Å². The van der Waals surface area contributed by atoms with Crippen molar-refractivity contribution < 1.29 is 24.6 Å². The molecule has 1 fully saturated rings. The highest BCUT2D eigenvalue weighted by Crippen LogP contribution is 2.20. The zero-order valence-corrected chi connectivity index (χ0v) is 20.7. The van der Waals surface area contributed by atoms with E-state index in [0.717, 1.165) is 5.56 Å². The first-order valence-electron chi connectivity index (χ1n) is 11.7. The number of carboxylic acids is 2. The molecule has 1 aromatic rings. The van der Waals surface area contributed by atoms with Crippen LogP contribution in [0.25, 0.3) is 0 Å². The van der Waals surface area contributed by atoms with E-state index in [1.807, 2.05) is 36.5 Å². The van der Waals surface area contributed by atoms with Gasteiger partial charge in [-0.2, -0.15) is 5.26 Å². The monoisotopic (exact) mass is 503 g/mol. The standard InChI is InChI=1S/C24H33N5O5S/c1-35-24(27-16-25)26-14-6-5-10-18(21(30)29-15-7-11-20(29)23(33)34)28-19(22(31)32)13-12-17-8-3-2-4-9-17/h2-4,8-9,18-20,28H,5-7,10-15H2,1H3,(H,26,27)(H,31,32)(H,33,34)/t18-,19-,20-/m0/s1. The molecule has 2 rings (SSSR count). The number of amidine groups is 1. The lowest BCUT2D eigenvalue weighted by atomic mass is 10.0. The van der Waals surface area contributed by atoms with Crippen molar-refractivity contribution in [2.75, 3.05) is 19.3 Å². The molecule has 0 radical (unpaired) electrons. The number of nitrogens with zero attached hydrogens (tertiary/aromatic N) is 3. The summed E-state index contributed by atoms with van der Waals surface area (Å²) in [6.07, 6.45) is 7.02. The average molecular weight is 504 g/mol. The lowest BCUT2D eigenvalue weighted by molar-refractivity contribution is -0.149. The van der Waals surface area contributed by atoms with Gasteiger partial charge in [-0.15, -0.1) is 0 Å². The van der Waals surface area contributed by atoms with E-state index < -0.39 is 30.1 Å². The molecule has 0 spiro atoms. The Morgan fingerprint density at radius 2 is 1.94 bits per heavy atom. The first-order chi connectivity index (χ1) is 16.9. The average Bonchev–Trinajstić information content (AvgIpc) is 3.35. The van der Waals surface area contributed by atoms with Crippen LogP contribution in [0, 0.1) is 11.5 Å². The normalized spacial score (nSPS) is 17.4. The highest BCUT2D eigenvalue weighted by atomic mass is 32.2. The Hall–Kier alpha value is -3.10. The summed E-state index contributed by atoms with van der Waals surface area (Å²) in [5.41, 5.74) is 1.00. The van der Waals surface area contributed by atoms with E-state index >= 15 is 0 Å². The molecule has 1 aliphatic rings. The number of carboxylic acid groups (broad SMARTS) is 2. The summed E-state index contributed by atoms with van der Waals surface area (Å²) in [6.45, 7) is 0.792. The summed E-state index contributed by atoms with van der Waals surface area (Å²) in [5, 5.41) is 34.0. The third kappa shape index (κ3) is 9.22. The van der Waals surface area contributed by atoms with Crippen LogP contribution in [-0.2, 0) is 20.8 Å². The third-order valence-corrected chi connectivity index (χ3v) is 6.51. The Morgan fingerprint density at radius 3 is 2.57 bits per heavy atom. The molecular weight excluding hydrogens is 470 g/mol. The lowest BCUT2D eigenvalue weighted by Gasteiger charge is -2.29. The Balaban J connectivity index is 2.07. The number of thioether (sulfide) groups is 1. The first-order valence-corrected chi connectivity index (χ1v) is 12.9. The fourth-order valence-corrected chi connectivity index (χ4v) is 4.45. The second kappa shape index (κ2) is 15.0. The largest absolute Gasteiger partial charge is 0.480 e. The topological polar surface area (TPSA) is 155 Å². The Labute approximate surface area is 209 Å². The van der Waals surface area contributed by atoms with Crippen molar-refractivity contribution in [2.24, 2.45) is 4.99 Å². The van der Waals surface area contributed by atoms with Gasteiger partial charge < -0.3 is 15.1 Å². The van der Waals surface area contributed by atoms with Crippen molar-refractivity contribution in [3.63, 3.8) is 0 Å². The first kappa shape index (κ1) is 28.1. The predicted molar refractivity (Wildman–Crippen MR) is 134 cm³/mol. The summed E-state index contributed by atoms with van der Waals surface area (Å²) in [5.74, 6) is -2.47. The van der Waals surface area contributed by atoms with Crippen LogP contribution < -0.4 is 10.6 Å². The van der Waals surface area contributed by atoms with E-state index in [-0.39, 0.29) is 5.91 Å². The van der Waals surface area contributed by atoms with Crippen molar-refractivity contribution in [1.82, 2.24) is 15.5 Å². The Kier molecular flexibility index (Phi) is 12.1. The Bertz CT molecular complexity index is 921. The molecule has 1 amide bonds. The van der Waals surface area contributed by atoms with Crippen molar-refractivity contribution in [3.05, 3.63) is 35.9 Å².